The number of nitrogens with zero attached hydrogens (tertiary/aromatic N) is 2. The lowest BCUT2D eigenvalue weighted by molar-refractivity contribution is 0.0527. The summed E-state index contributed by atoms with van der Waals surface area (Å²) in [6.07, 6.45) is 0.940. The molecule has 1 heterocycles. The molecular weight excluding hydrogens is 289 g/mol. The van der Waals surface area contributed by atoms with Crippen LogP contribution in [-0.4, -0.2) is 28.4 Å². The zero-order valence-electron chi connectivity index (χ0n) is 11.2. The van der Waals surface area contributed by atoms with Gasteiger partial charge in [0.2, 0.25) is 0 Å². The van der Waals surface area contributed by atoms with Crippen molar-refractivity contribution in [2.75, 3.05) is 6.54 Å². The summed E-state index contributed by atoms with van der Waals surface area (Å²) in [7, 11) is 0. The molecule has 1 N–H and O–H groups in total. The standard InChI is InChI=1S/C12H17Cl2N3O2/c1-12(2,3)19-11(18)15-6-4-5-8-7-9(13)16-17-10(8)14/h7H,4-6H2,1-3H3,(H,15,18). The molecule has 1 amide bonds. The number of halogens is 2. The molecule has 0 bridgehead atoms. The number of carbonyl (C=O) groups excluding carboxylic acids is 1. The van der Waals surface area contributed by atoms with Gasteiger partial charge in [-0.2, -0.15) is 0 Å². The number of carbonyl (C=O) groups is 1. The normalized spacial score (nSPS) is 11.2. The van der Waals surface area contributed by atoms with E-state index in [0.29, 0.717) is 29.7 Å². The SMILES string of the molecule is CC(C)(C)OC(=O)NCCCc1cc(Cl)nnc1Cl. The van der Waals surface area contributed by atoms with Crippen molar-refractivity contribution in [3.05, 3.63) is 21.9 Å². The van der Waals surface area contributed by atoms with Crippen LogP contribution in [0, 0.1) is 0 Å². The van der Waals surface area contributed by atoms with Gasteiger partial charge in [0.1, 0.15) is 5.60 Å². The fraction of sp³-hybridized carbons (Fsp3) is 0.583. The molecular formula is C12H17Cl2N3O2. The smallest absolute Gasteiger partial charge is 0.407 e. The Kier molecular flexibility index (Phi) is 5.82. The Labute approximate surface area is 122 Å². The summed E-state index contributed by atoms with van der Waals surface area (Å²) in [4.78, 5) is 11.4. The first kappa shape index (κ1) is 16.0. The fourth-order valence-corrected chi connectivity index (χ4v) is 1.70. The molecule has 0 atom stereocenters. The van der Waals surface area contributed by atoms with Crippen LogP contribution in [-0.2, 0) is 11.2 Å². The van der Waals surface area contributed by atoms with E-state index in [2.05, 4.69) is 15.5 Å². The molecule has 0 radical (unpaired) electrons. The number of alkyl carbamates (subject to hydrolysis) is 1. The minimum absolute atomic E-state index is 0.305. The average molecular weight is 306 g/mol. The summed E-state index contributed by atoms with van der Waals surface area (Å²) in [5.41, 5.74) is 0.323. The molecule has 0 aliphatic rings. The van der Waals surface area contributed by atoms with Crippen LogP contribution in [0.3, 0.4) is 0 Å². The van der Waals surface area contributed by atoms with Gasteiger partial charge in [-0.3, -0.25) is 0 Å². The first-order chi connectivity index (χ1) is 8.78. The lowest BCUT2D eigenvalue weighted by Crippen LogP contribution is -2.33. The van der Waals surface area contributed by atoms with Gasteiger partial charge in [0.05, 0.1) is 0 Å². The molecule has 0 spiro atoms. The summed E-state index contributed by atoms with van der Waals surface area (Å²) < 4.78 is 5.11. The van der Waals surface area contributed by atoms with Crippen LogP contribution in [0.1, 0.15) is 32.8 Å². The molecule has 0 aliphatic heterocycles. The molecule has 0 aromatic carbocycles. The van der Waals surface area contributed by atoms with E-state index in [9.17, 15) is 4.79 Å². The van der Waals surface area contributed by atoms with Gasteiger partial charge >= 0.3 is 6.09 Å². The maximum Gasteiger partial charge on any atom is 0.407 e. The molecule has 5 nitrogen and oxygen atoms in total. The Balaban J connectivity index is 2.31. The fourth-order valence-electron chi connectivity index (χ4n) is 1.35. The lowest BCUT2D eigenvalue weighted by Gasteiger charge is -2.19. The molecule has 106 valence electrons. The molecule has 19 heavy (non-hydrogen) atoms. The summed E-state index contributed by atoms with van der Waals surface area (Å²) in [5, 5.41) is 10.7. The van der Waals surface area contributed by atoms with Crippen molar-refractivity contribution < 1.29 is 9.53 Å². The molecule has 0 saturated heterocycles. The van der Waals surface area contributed by atoms with Crippen molar-refractivity contribution in [2.45, 2.75) is 39.2 Å². The first-order valence-electron chi connectivity index (χ1n) is 5.92. The van der Waals surface area contributed by atoms with Crippen LogP contribution < -0.4 is 5.32 Å². The van der Waals surface area contributed by atoms with Crippen LogP contribution in [0.25, 0.3) is 0 Å². The second-order valence-electron chi connectivity index (χ2n) is 5.02. The van der Waals surface area contributed by atoms with Gasteiger partial charge in [-0.15, -0.1) is 10.2 Å². The van der Waals surface area contributed by atoms with Crippen molar-refractivity contribution >= 4 is 29.3 Å². The average Bonchev–Trinajstić information content (AvgIpc) is 2.26. The predicted octanol–water partition coefficient (Wildman–Crippen LogP) is 3.24. The van der Waals surface area contributed by atoms with Gasteiger partial charge in [0.25, 0.3) is 0 Å². The van der Waals surface area contributed by atoms with E-state index in [0.717, 1.165) is 5.56 Å². The van der Waals surface area contributed by atoms with Crippen molar-refractivity contribution in [1.29, 1.82) is 0 Å². The summed E-state index contributed by atoms with van der Waals surface area (Å²) >= 11 is 11.6. The third-order valence-electron chi connectivity index (χ3n) is 2.08. The highest BCUT2D eigenvalue weighted by molar-refractivity contribution is 6.31. The van der Waals surface area contributed by atoms with Gasteiger partial charge in [0, 0.05) is 6.54 Å². The highest BCUT2D eigenvalue weighted by Gasteiger charge is 2.15. The van der Waals surface area contributed by atoms with Gasteiger partial charge in [-0.25, -0.2) is 4.79 Å². The molecule has 1 aromatic heterocycles. The van der Waals surface area contributed by atoms with Crippen LogP contribution in [0.4, 0.5) is 4.79 Å². The Bertz CT molecular complexity index is 447. The van der Waals surface area contributed by atoms with Gasteiger partial charge in [-0.05, 0) is 45.2 Å². The van der Waals surface area contributed by atoms with E-state index >= 15 is 0 Å². The number of ether oxygens (including phenoxy) is 1. The third kappa shape index (κ3) is 6.59. The summed E-state index contributed by atoms with van der Waals surface area (Å²) in [6.45, 7) is 5.94. The van der Waals surface area contributed by atoms with Crippen LogP contribution >= 0.6 is 23.2 Å². The van der Waals surface area contributed by atoms with E-state index in [4.69, 9.17) is 27.9 Å². The van der Waals surface area contributed by atoms with E-state index in [1.165, 1.54) is 0 Å². The zero-order chi connectivity index (χ0) is 14.5. The van der Waals surface area contributed by atoms with Gasteiger partial charge in [0.15, 0.2) is 10.3 Å². The number of rotatable bonds is 4. The number of hydrogen-bond acceptors (Lipinski definition) is 4. The summed E-state index contributed by atoms with van der Waals surface area (Å²) in [6, 6.07) is 1.67. The van der Waals surface area contributed by atoms with Gasteiger partial charge < -0.3 is 10.1 Å². The van der Waals surface area contributed by atoms with Crippen LogP contribution in [0.15, 0.2) is 6.07 Å². The van der Waals surface area contributed by atoms with Gasteiger partial charge in [-0.1, -0.05) is 23.2 Å². The van der Waals surface area contributed by atoms with Crippen molar-refractivity contribution in [2.24, 2.45) is 0 Å². The Morgan fingerprint density at radius 1 is 1.37 bits per heavy atom. The zero-order valence-corrected chi connectivity index (χ0v) is 12.7. The number of nitrogens with one attached hydrogen (secondary N) is 1. The number of aromatic nitrogens is 2. The third-order valence-corrected chi connectivity index (χ3v) is 2.59. The monoisotopic (exact) mass is 305 g/mol. The molecule has 0 unspecified atom stereocenters. The number of amides is 1. The lowest BCUT2D eigenvalue weighted by atomic mass is 10.2. The predicted molar refractivity (Wildman–Crippen MR) is 74.6 cm³/mol. The number of aryl methyl sites for hydroxylation is 1. The quantitative estimate of drug-likeness (QED) is 0.867. The van der Waals surface area contributed by atoms with E-state index in [1.54, 1.807) is 6.07 Å². The maximum absolute atomic E-state index is 11.4. The van der Waals surface area contributed by atoms with Crippen LogP contribution in [0.2, 0.25) is 10.3 Å². The van der Waals surface area contributed by atoms with Crippen molar-refractivity contribution in [1.82, 2.24) is 15.5 Å². The highest BCUT2D eigenvalue weighted by atomic mass is 35.5. The molecule has 0 saturated carbocycles. The molecule has 0 fully saturated rings. The highest BCUT2D eigenvalue weighted by Crippen LogP contribution is 2.16. The first-order valence-corrected chi connectivity index (χ1v) is 6.68. The molecule has 0 aliphatic carbocycles. The summed E-state index contributed by atoms with van der Waals surface area (Å²) in [5.74, 6) is 0. The largest absolute Gasteiger partial charge is 0.444 e. The Hall–Kier alpha value is -1.07. The van der Waals surface area contributed by atoms with Crippen LogP contribution in [0.5, 0.6) is 0 Å². The van der Waals surface area contributed by atoms with Crippen molar-refractivity contribution in [3.8, 4) is 0 Å². The second-order valence-corrected chi connectivity index (χ2v) is 5.76. The van der Waals surface area contributed by atoms with E-state index in [1.807, 2.05) is 20.8 Å². The Morgan fingerprint density at radius 3 is 2.68 bits per heavy atom. The second kappa shape index (κ2) is 6.91. The molecule has 7 heteroatoms. The topological polar surface area (TPSA) is 64.1 Å². The number of hydrogen-bond donors (Lipinski definition) is 1. The molecule has 1 rings (SSSR count). The Morgan fingerprint density at radius 2 is 2.05 bits per heavy atom. The minimum atomic E-state index is -0.490. The minimum Gasteiger partial charge on any atom is -0.444 e. The van der Waals surface area contributed by atoms with Crippen molar-refractivity contribution in [3.63, 3.8) is 0 Å². The van der Waals surface area contributed by atoms with E-state index < -0.39 is 11.7 Å². The van der Waals surface area contributed by atoms with E-state index in [-0.39, 0.29) is 0 Å². The molecule has 1 aromatic rings. The maximum atomic E-state index is 11.4.